The molecule has 0 radical (unpaired) electrons. The largest absolute Gasteiger partial charge is 0.494 e. The number of rotatable bonds is 1. The number of hydrogen-bond acceptors (Lipinski definition) is 3. The summed E-state index contributed by atoms with van der Waals surface area (Å²) in [7, 11) is 0. The van der Waals surface area contributed by atoms with E-state index >= 15 is 0 Å². The molecule has 2 bridgehead atoms. The molecule has 0 saturated heterocycles. The lowest BCUT2D eigenvalue weighted by Gasteiger charge is -2.47. The molecule has 7 rings (SSSR count). The summed E-state index contributed by atoms with van der Waals surface area (Å²) in [5.74, 6) is 1.21. The van der Waals surface area contributed by atoms with Crippen LogP contribution in [-0.4, -0.2) is 19.8 Å². The minimum Gasteiger partial charge on any atom is -0.494 e. The third-order valence-electron chi connectivity index (χ3n) is 6.51. The molecule has 5 heteroatoms. The highest BCUT2D eigenvalue weighted by molar-refractivity contribution is 5.84. The molecular formula is C22H18N2O3. The molecule has 4 aliphatic rings. The molecule has 3 N–H and O–H groups in total. The molecule has 0 spiro atoms. The molecule has 2 heterocycles. The molecule has 0 saturated carbocycles. The highest BCUT2D eigenvalue weighted by Crippen LogP contribution is 2.61. The molecule has 0 aliphatic heterocycles. The van der Waals surface area contributed by atoms with E-state index in [1.54, 1.807) is 12.1 Å². The van der Waals surface area contributed by atoms with Crippen molar-refractivity contribution in [2.75, 3.05) is 0 Å². The first-order valence-electron chi connectivity index (χ1n) is 9.21. The van der Waals surface area contributed by atoms with Gasteiger partial charge in [-0.3, -0.25) is 9.36 Å². The lowest BCUT2D eigenvalue weighted by Crippen LogP contribution is -2.36. The van der Waals surface area contributed by atoms with Crippen LogP contribution in [0.3, 0.4) is 0 Å². The second kappa shape index (κ2) is 4.74. The van der Waals surface area contributed by atoms with E-state index in [1.807, 2.05) is 19.1 Å². The van der Waals surface area contributed by atoms with Crippen molar-refractivity contribution in [3.05, 3.63) is 75.6 Å². The summed E-state index contributed by atoms with van der Waals surface area (Å²) >= 11 is 0. The molecule has 0 unspecified atom stereocenters. The number of nitrogens with one attached hydrogen (secondary N) is 1. The Balaban J connectivity index is 1.59. The van der Waals surface area contributed by atoms with Crippen LogP contribution in [0.5, 0.6) is 11.8 Å². The Morgan fingerprint density at radius 2 is 1.56 bits per heavy atom. The molecule has 27 heavy (non-hydrogen) atoms. The van der Waals surface area contributed by atoms with E-state index in [4.69, 9.17) is 0 Å². The Morgan fingerprint density at radius 3 is 2.15 bits per heavy atom. The fourth-order valence-corrected chi connectivity index (χ4v) is 5.21. The fraction of sp³-hybridized carbons (Fsp3) is 0.227. The van der Waals surface area contributed by atoms with Crippen molar-refractivity contribution in [1.82, 2.24) is 9.55 Å². The summed E-state index contributed by atoms with van der Waals surface area (Å²) in [6, 6.07) is 7.14. The van der Waals surface area contributed by atoms with Crippen LogP contribution in [0.1, 0.15) is 28.5 Å². The first-order valence-corrected chi connectivity index (χ1v) is 9.21. The van der Waals surface area contributed by atoms with Crippen LogP contribution in [0.4, 0.5) is 0 Å². The van der Waals surface area contributed by atoms with Crippen LogP contribution >= 0.6 is 0 Å². The molecule has 2 aromatic heterocycles. The van der Waals surface area contributed by atoms with Gasteiger partial charge in [-0.1, -0.05) is 30.4 Å². The highest BCUT2D eigenvalue weighted by Gasteiger charge is 2.49. The van der Waals surface area contributed by atoms with E-state index in [1.165, 1.54) is 4.57 Å². The van der Waals surface area contributed by atoms with Crippen molar-refractivity contribution < 1.29 is 10.2 Å². The standard InChI is InChI=1S/C22H18N2O3/c1-10-8-18(25)23-17-9-11(2-3-12(10)17)24-21(26)19-15-6-7-16(20(19)22(24)27)14-5-4-13(14)15/h2-9,13-16,26-27H,1H3,(H,23,25)/t13-,14+,15-,16+. The average Bonchev–Trinajstić information content (AvgIpc) is 2.86. The van der Waals surface area contributed by atoms with Gasteiger partial charge in [-0.05, 0) is 36.5 Å². The van der Waals surface area contributed by atoms with Gasteiger partial charge in [-0.25, -0.2) is 0 Å². The van der Waals surface area contributed by atoms with E-state index in [0.717, 1.165) is 22.1 Å². The summed E-state index contributed by atoms with van der Waals surface area (Å²) in [5, 5.41) is 23.0. The first-order chi connectivity index (χ1) is 13.0. The average molecular weight is 358 g/mol. The summed E-state index contributed by atoms with van der Waals surface area (Å²) < 4.78 is 1.50. The molecule has 1 aromatic carbocycles. The van der Waals surface area contributed by atoms with Crippen LogP contribution in [0.25, 0.3) is 16.6 Å². The number of aromatic hydroxyl groups is 2. The number of hydrogen-bond donors (Lipinski definition) is 3. The Hall–Kier alpha value is -3.21. The Labute approximate surface area is 154 Å². The number of fused-ring (bicyclic) bond motifs is 1. The molecule has 134 valence electrons. The molecule has 5 nitrogen and oxygen atoms in total. The van der Waals surface area contributed by atoms with Crippen molar-refractivity contribution in [2.24, 2.45) is 11.8 Å². The zero-order valence-electron chi connectivity index (χ0n) is 14.7. The summed E-state index contributed by atoms with van der Waals surface area (Å²) in [6.45, 7) is 1.90. The van der Waals surface area contributed by atoms with Crippen molar-refractivity contribution in [1.29, 1.82) is 0 Å². The molecule has 0 fully saturated rings. The number of H-pyrrole nitrogens is 1. The van der Waals surface area contributed by atoms with Gasteiger partial charge in [-0.15, -0.1) is 0 Å². The van der Waals surface area contributed by atoms with Crippen LogP contribution in [0.15, 0.2) is 53.4 Å². The Morgan fingerprint density at radius 1 is 0.926 bits per heavy atom. The number of aromatic amines is 1. The lowest BCUT2D eigenvalue weighted by molar-refractivity contribution is 0.306. The third-order valence-corrected chi connectivity index (χ3v) is 6.51. The van der Waals surface area contributed by atoms with Crippen molar-refractivity contribution in [3.8, 4) is 17.4 Å². The SMILES string of the molecule is Cc1cc(=O)[nH]c2cc(-n3c(O)c4c(c3O)[C@@H]3C=C[C@H]4[C@H]4C=C[C@H]43)ccc12. The zero-order valence-corrected chi connectivity index (χ0v) is 14.7. The predicted octanol–water partition coefficient (Wildman–Crippen LogP) is 3.59. The number of benzene rings is 1. The molecule has 0 amide bonds. The monoisotopic (exact) mass is 358 g/mol. The number of pyridine rings is 1. The minimum atomic E-state index is -0.165. The quantitative estimate of drug-likeness (QED) is 0.582. The Kier molecular flexibility index (Phi) is 2.62. The van der Waals surface area contributed by atoms with Crippen LogP contribution in [-0.2, 0) is 0 Å². The molecule has 4 atom stereocenters. The van der Waals surface area contributed by atoms with Crippen molar-refractivity contribution >= 4 is 10.9 Å². The van der Waals surface area contributed by atoms with Gasteiger partial charge in [0, 0.05) is 34.4 Å². The van der Waals surface area contributed by atoms with Crippen LogP contribution in [0, 0.1) is 18.8 Å². The summed E-state index contributed by atoms with van der Waals surface area (Å²) in [4.78, 5) is 14.7. The summed E-state index contributed by atoms with van der Waals surface area (Å²) in [5.41, 5.74) is 3.72. The second-order valence-electron chi connectivity index (χ2n) is 7.83. The van der Waals surface area contributed by atoms with E-state index in [2.05, 4.69) is 29.3 Å². The van der Waals surface area contributed by atoms with Gasteiger partial charge in [0.05, 0.1) is 11.2 Å². The van der Waals surface area contributed by atoms with Gasteiger partial charge in [0.1, 0.15) is 0 Å². The topological polar surface area (TPSA) is 78.2 Å². The van der Waals surface area contributed by atoms with Gasteiger partial charge < -0.3 is 15.2 Å². The predicted molar refractivity (Wildman–Crippen MR) is 103 cm³/mol. The van der Waals surface area contributed by atoms with E-state index in [-0.39, 0.29) is 29.2 Å². The second-order valence-corrected chi connectivity index (χ2v) is 7.83. The van der Waals surface area contributed by atoms with Crippen LogP contribution in [0.2, 0.25) is 0 Å². The van der Waals surface area contributed by atoms with Gasteiger partial charge in [0.2, 0.25) is 17.3 Å². The van der Waals surface area contributed by atoms with Crippen molar-refractivity contribution in [2.45, 2.75) is 18.8 Å². The van der Waals surface area contributed by atoms with E-state index in [9.17, 15) is 15.0 Å². The molecule has 4 aliphatic carbocycles. The smallest absolute Gasteiger partial charge is 0.248 e. The first kappa shape index (κ1) is 14.9. The normalized spacial score (nSPS) is 26.9. The van der Waals surface area contributed by atoms with E-state index in [0.29, 0.717) is 23.0 Å². The Bertz CT molecular complexity index is 1220. The van der Waals surface area contributed by atoms with Gasteiger partial charge in [-0.2, -0.15) is 0 Å². The number of aryl methyl sites for hydroxylation is 1. The number of aromatic nitrogens is 2. The zero-order chi connectivity index (χ0) is 18.4. The van der Waals surface area contributed by atoms with Gasteiger partial charge >= 0.3 is 0 Å². The highest BCUT2D eigenvalue weighted by atomic mass is 16.3. The molecule has 3 aromatic rings. The van der Waals surface area contributed by atoms with Gasteiger partial charge in [0.15, 0.2) is 0 Å². The minimum absolute atomic E-state index is 0.0925. The maximum Gasteiger partial charge on any atom is 0.248 e. The number of nitrogens with zero attached hydrogens (tertiary/aromatic N) is 1. The third kappa shape index (κ3) is 1.71. The number of allylic oxidation sites excluding steroid dienone is 4. The lowest BCUT2D eigenvalue weighted by atomic mass is 9.56. The van der Waals surface area contributed by atoms with Crippen molar-refractivity contribution in [3.63, 3.8) is 0 Å². The maximum atomic E-state index is 11.8. The summed E-state index contributed by atoms with van der Waals surface area (Å²) in [6.07, 6.45) is 8.71. The maximum absolute atomic E-state index is 11.8. The van der Waals surface area contributed by atoms with E-state index < -0.39 is 0 Å². The fourth-order valence-electron chi connectivity index (χ4n) is 5.21. The van der Waals surface area contributed by atoms with Gasteiger partial charge in [0.25, 0.3) is 0 Å². The molecular weight excluding hydrogens is 340 g/mol. The van der Waals surface area contributed by atoms with Crippen LogP contribution < -0.4 is 5.56 Å².